The number of nitrogens with two attached hydrogens (primary N) is 1. The van der Waals surface area contributed by atoms with Crippen LogP contribution in [0.4, 0.5) is 5.95 Å². The van der Waals surface area contributed by atoms with Gasteiger partial charge in [0.05, 0.1) is 12.0 Å². The molecule has 0 spiro atoms. The number of ether oxygens (including phenoxy) is 1. The fraction of sp³-hybridized carbons (Fsp3) is 0.300. The molecule has 2 heterocycles. The molecule has 0 saturated carbocycles. The van der Waals surface area contributed by atoms with E-state index in [0.717, 1.165) is 5.56 Å². The standard InChI is InChI=1S/C10H11ClN4O2/c1-5(16)17-3-2-6-4-13-9-7(6)8(11)14-10(12)15-9/h4H,2-3H2,1H3,(H3,12,13,14,15). The van der Waals surface area contributed by atoms with Crippen LogP contribution in [0, 0.1) is 0 Å². The Morgan fingerprint density at radius 3 is 3.06 bits per heavy atom. The van der Waals surface area contributed by atoms with Gasteiger partial charge in [0.2, 0.25) is 5.95 Å². The Morgan fingerprint density at radius 2 is 2.35 bits per heavy atom. The molecule has 0 aliphatic heterocycles. The Hall–Kier alpha value is -1.82. The first-order chi connectivity index (χ1) is 8.08. The molecule has 7 heteroatoms. The predicted octanol–water partition coefficient (Wildman–Crippen LogP) is 1.30. The van der Waals surface area contributed by atoms with E-state index in [1.165, 1.54) is 6.92 Å². The third-order valence-corrected chi connectivity index (χ3v) is 2.54. The van der Waals surface area contributed by atoms with Crippen molar-refractivity contribution in [3.63, 3.8) is 0 Å². The van der Waals surface area contributed by atoms with Crippen LogP contribution in [0.1, 0.15) is 12.5 Å². The molecule has 3 N–H and O–H groups in total. The normalized spacial score (nSPS) is 10.7. The lowest BCUT2D eigenvalue weighted by Crippen LogP contribution is -2.03. The van der Waals surface area contributed by atoms with Gasteiger partial charge in [-0.25, -0.2) is 4.98 Å². The molecule has 90 valence electrons. The lowest BCUT2D eigenvalue weighted by Gasteiger charge is -2.01. The highest BCUT2D eigenvalue weighted by Crippen LogP contribution is 2.24. The molecule has 0 aliphatic carbocycles. The van der Waals surface area contributed by atoms with Crippen molar-refractivity contribution in [2.45, 2.75) is 13.3 Å². The van der Waals surface area contributed by atoms with Crippen LogP contribution in [0.25, 0.3) is 11.0 Å². The summed E-state index contributed by atoms with van der Waals surface area (Å²) >= 11 is 5.99. The first-order valence-electron chi connectivity index (χ1n) is 5.00. The van der Waals surface area contributed by atoms with E-state index in [-0.39, 0.29) is 11.9 Å². The number of H-pyrrole nitrogens is 1. The second-order valence-corrected chi connectivity index (χ2v) is 3.86. The van der Waals surface area contributed by atoms with Crippen LogP contribution in [0.5, 0.6) is 0 Å². The zero-order valence-electron chi connectivity index (χ0n) is 9.16. The van der Waals surface area contributed by atoms with Crippen molar-refractivity contribution >= 4 is 34.6 Å². The van der Waals surface area contributed by atoms with E-state index >= 15 is 0 Å². The zero-order chi connectivity index (χ0) is 12.4. The van der Waals surface area contributed by atoms with E-state index in [1.807, 2.05) is 0 Å². The minimum atomic E-state index is -0.309. The number of aromatic amines is 1. The number of carbonyl (C=O) groups is 1. The maximum Gasteiger partial charge on any atom is 0.302 e. The topological polar surface area (TPSA) is 93.9 Å². The van der Waals surface area contributed by atoms with Crippen LogP contribution in [0.3, 0.4) is 0 Å². The van der Waals surface area contributed by atoms with Gasteiger partial charge in [0.15, 0.2) is 0 Å². The number of anilines is 1. The van der Waals surface area contributed by atoms with Gasteiger partial charge in [-0.1, -0.05) is 11.6 Å². The number of carbonyl (C=O) groups excluding carboxylic acids is 1. The summed E-state index contributed by atoms with van der Waals surface area (Å²) in [5.41, 5.74) is 6.96. The number of hydrogen-bond donors (Lipinski definition) is 2. The van der Waals surface area contributed by atoms with Crippen molar-refractivity contribution in [2.75, 3.05) is 12.3 Å². The number of rotatable bonds is 3. The molecular weight excluding hydrogens is 244 g/mol. The van der Waals surface area contributed by atoms with Crippen LogP contribution >= 0.6 is 11.6 Å². The maximum absolute atomic E-state index is 10.7. The molecule has 0 amide bonds. The van der Waals surface area contributed by atoms with Gasteiger partial charge in [-0.15, -0.1) is 0 Å². The molecule has 0 fully saturated rings. The molecule has 0 atom stereocenters. The number of nitrogen functional groups attached to an aromatic ring is 1. The molecule has 0 aliphatic rings. The van der Waals surface area contributed by atoms with Crippen LogP contribution in [0.15, 0.2) is 6.20 Å². The van der Waals surface area contributed by atoms with Gasteiger partial charge >= 0.3 is 5.97 Å². The highest BCUT2D eigenvalue weighted by molar-refractivity contribution is 6.34. The summed E-state index contributed by atoms with van der Waals surface area (Å²) in [6.07, 6.45) is 2.31. The molecule has 2 aromatic rings. The third-order valence-electron chi connectivity index (χ3n) is 2.26. The zero-order valence-corrected chi connectivity index (χ0v) is 9.91. The number of nitrogens with zero attached hydrogens (tertiary/aromatic N) is 2. The SMILES string of the molecule is CC(=O)OCCc1c[nH]c2nc(N)nc(Cl)c12. The fourth-order valence-electron chi connectivity index (χ4n) is 1.57. The summed E-state index contributed by atoms with van der Waals surface area (Å²) in [4.78, 5) is 21.5. The Morgan fingerprint density at radius 1 is 1.59 bits per heavy atom. The summed E-state index contributed by atoms with van der Waals surface area (Å²) in [7, 11) is 0. The smallest absolute Gasteiger partial charge is 0.302 e. The lowest BCUT2D eigenvalue weighted by molar-refractivity contribution is -0.140. The molecule has 0 saturated heterocycles. The molecule has 2 rings (SSSR count). The van der Waals surface area contributed by atoms with Crippen LogP contribution in [0.2, 0.25) is 5.15 Å². The maximum atomic E-state index is 10.7. The van der Waals surface area contributed by atoms with Gasteiger partial charge < -0.3 is 15.5 Å². The Labute approximate surface area is 102 Å². The summed E-state index contributed by atoms with van der Waals surface area (Å²) in [5.74, 6) is -0.188. The Balaban J connectivity index is 2.26. The van der Waals surface area contributed by atoms with Crippen molar-refractivity contribution < 1.29 is 9.53 Å². The van der Waals surface area contributed by atoms with Crippen LogP contribution < -0.4 is 5.73 Å². The van der Waals surface area contributed by atoms with E-state index in [2.05, 4.69) is 15.0 Å². The van der Waals surface area contributed by atoms with Gasteiger partial charge in [-0.05, 0) is 5.56 Å². The highest BCUT2D eigenvalue weighted by atomic mass is 35.5. The summed E-state index contributed by atoms with van der Waals surface area (Å²) in [5, 5.41) is 1.01. The average Bonchev–Trinajstić information content (AvgIpc) is 2.60. The predicted molar refractivity (Wildman–Crippen MR) is 63.6 cm³/mol. The minimum absolute atomic E-state index is 0.121. The van der Waals surface area contributed by atoms with Gasteiger partial charge in [0, 0.05) is 19.5 Å². The largest absolute Gasteiger partial charge is 0.466 e. The highest BCUT2D eigenvalue weighted by Gasteiger charge is 2.11. The number of nitrogens with one attached hydrogen (secondary N) is 1. The summed E-state index contributed by atoms with van der Waals surface area (Å²) in [6, 6.07) is 0. The molecule has 17 heavy (non-hydrogen) atoms. The van der Waals surface area contributed by atoms with Gasteiger partial charge in [0.25, 0.3) is 0 Å². The molecule has 0 aromatic carbocycles. The second kappa shape index (κ2) is 4.58. The molecule has 0 unspecified atom stereocenters. The van der Waals surface area contributed by atoms with Gasteiger partial charge in [-0.3, -0.25) is 4.79 Å². The quantitative estimate of drug-likeness (QED) is 0.636. The average molecular weight is 255 g/mol. The molecule has 6 nitrogen and oxygen atoms in total. The van der Waals surface area contributed by atoms with Crippen molar-refractivity contribution in [1.29, 1.82) is 0 Å². The number of esters is 1. The molecule has 0 radical (unpaired) electrons. The van der Waals surface area contributed by atoms with Crippen LogP contribution in [-0.2, 0) is 16.0 Å². The first kappa shape index (κ1) is 11.7. The van der Waals surface area contributed by atoms with E-state index in [0.29, 0.717) is 29.2 Å². The third kappa shape index (κ3) is 2.47. The Kier molecular flexibility index (Phi) is 3.14. The van der Waals surface area contributed by atoms with Crippen LogP contribution in [-0.4, -0.2) is 27.5 Å². The summed E-state index contributed by atoms with van der Waals surface area (Å²) < 4.78 is 4.87. The number of hydrogen-bond acceptors (Lipinski definition) is 5. The molecule has 0 bridgehead atoms. The molecular formula is C10H11ClN4O2. The summed E-state index contributed by atoms with van der Waals surface area (Å²) in [6.45, 7) is 1.66. The van der Waals surface area contributed by atoms with Gasteiger partial charge in [0.1, 0.15) is 10.8 Å². The van der Waals surface area contributed by atoms with Crippen molar-refractivity contribution in [2.24, 2.45) is 0 Å². The van der Waals surface area contributed by atoms with E-state index in [9.17, 15) is 4.79 Å². The second-order valence-electron chi connectivity index (χ2n) is 3.50. The monoisotopic (exact) mass is 254 g/mol. The van der Waals surface area contributed by atoms with Crippen molar-refractivity contribution in [1.82, 2.24) is 15.0 Å². The van der Waals surface area contributed by atoms with E-state index < -0.39 is 0 Å². The van der Waals surface area contributed by atoms with Gasteiger partial charge in [-0.2, -0.15) is 4.98 Å². The van der Waals surface area contributed by atoms with E-state index in [4.69, 9.17) is 22.1 Å². The Bertz CT molecular complexity index is 567. The van der Waals surface area contributed by atoms with Crippen molar-refractivity contribution in [3.8, 4) is 0 Å². The van der Waals surface area contributed by atoms with Crippen molar-refractivity contribution in [3.05, 3.63) is 16.9 Å². The molecule has 2 aromatic heterocycles. The van der Waals surface area contributed by atoms with E-state index in [1.54, 1.807) is 6.20 Å². The number of fused-ring (bicyclic) bond motifs is 1. The minimum Gasteiger partial charge on any atom is -0.466 e. The lowest BCUT2D eigenvalue weighted by atomic mass is 10.2. The first-order valence-corrected chi connectivity index (χ1v) is 5.38. The number of halogens is 1. The number of aromatic nitrogens is 3. The fourth-order valence-corrected chi connectivity index (χ4v) is 1.87.